The third kappa shape index (κ3) is 2.98. The molecule has 2 aromatic rings. The smallest absolute Gasteiger partial charge is 0.262 e. The van der Waals surface area contributed by atoms with Crippen molar-refractivity contribution in [1.82, 2.24) is 14.7 Å². The minimum atomic E-state index is -0.166. The van der Waals surface area contributed by atoms with Crippen LogP contribution in [0.25, 0.3) is 11.8 Å². The zero-order valence-corrected chi connectivity index (χ0v) is 13.5. The number of rotatable bonds is 4. The predicted molar refractivity (Wildman–Crippen MR) is 93.8 cm³/mol. The number of hydrogen-bond donors (Lipinski definition) is 1. The number of thiol groups is 1. The molecule has 0 aliphatic carbocycles. The van der Waals surface area contributed by atoms with Crippen LogP contribution in [0.15, 0.2) is 60.3 Å². The van der Waals surface area contributed by atoms with Gasteiger partial charge in [-0.2, -0.15) is 5.10 Å². The van der Waals surface area contributed by atoms with Crippen LogP contribution in [-0.2, 0) is 4.79 Å². The second kappa shape index (κ2) is 6.46. The number of carbonyl (C=O) groups excluding carboxylic acids is 1. The van der Waals surface area contributed by atoms with Gasteiger partial charge in [-0.25, -0.2) is 4.68 Å². The van der Waals surface area contributed by atoms with E-state index >= 15 is 0 Å². The summed E-state index contributed by atoms with van der Waals surface area (Å²) in [6, 6.07) is 9.85. The lowest BCUT2D eigenvalue weighted by Crippen LogP contribution is -2.29. The number of thioether (sulfide) groups is 1. The zero-order chi connectivity index (χ0) is 15.5. The van der Waals surface area contributed by atoms with Gasteiger partial charge in [0.1, 0.15) is 4.71 Å². The first-order chi connectivity index (χ1) is 10.7. The van der Waals surface area contributed by atoms with E-state index in [4.69, 9.17) is 0 Å². The Morgan fingerprint density at radius 2 is 2.14 bits per heavy atom. The Balaban J connectivity index is 1.83. The Kier molecular flexibility index (Phi) is 4.40. The van der Waals surface area contributed by atoms with Gasteiger partial charge in [0.2, 0.25) is 0 Å². The van der Waals surface area contributed by atoms with Crippen LogP contribution in [0.1, 0.15) is 5.56 Å². The molecule has 0 spiro atoms. The summed E-state index contributed by atoms with van der Waals surface area (Å²) < 4.78 is 1.62. The van der Waals surface area contributed by atoms with E-state index in [1.807, 2.05) is 42.6 Å². The summed E-state index contributed by atoms with van der Waals surface area (Å²) in [7, 11) is 0. The van der Waals surface area contributed by atoms with Gasteiger partial charge in [0, 0.05) is 18.3 Å². The minimum absolute atomic E-state index is 0.0163. The fraction of sp³-hybridized carbons (Fsp3) is 0.125. The molecule has 2 heterocycles. The first-order valence-electron chi connectivity index (χ1n) is 6.77. The number of hydrogen-bond acceptors (Lipinski definition) is 4. The summed E-state index contributed by atoms with van der Waals surface area (Å²) in [4.78, 5) is 14.7. The number of amides is 1. The molecule has 0 bridgehead atoms. The van der Waals surface area contributed by atoms with Crippen LogP contribution in [-0.4, -0.2) is 31.8 Å². The molecule has 1 unspecified atom stereocenters. The maximum Gasteiger partial charge on any atom is 0.262 e. The Bertz CT molecular complexity index is 724. The van der Waals surface area contributed by atoms with Gasteiger partial charge in [-0.05, 0) is 18.2 Å². The van der Waals surface area contributed by atoms with Crippen LogP contribution in [0, 0.1) is 0 Å². The van der Waals surface area contributed by atoms with Crippen molar-refractivity contribution in [2.75, 3.05) is 6.54 Å². The molecule has 1 atom stereocenters. The second-order valence-corrected chi connectivity index (χ2v) is 6.71. The van der Waals surface area contributed by atoms with E-state index in [2.05, 4.69) is 24.3 Å². The van der Waals surface area contributed by atoms with E-state index in [0.717, 1.165) is 11.3 Å². The largest absolute Gasteiger partial charge is 0.313 e. The summed E-state index contributed by atoms with van der Waals surface area (Å²) >= 11 is 5.87. The summed E-state index contributed by atoms with van der Waals surface area (Å²) in [6.45, 7) is 4.17. The first-order valence-corrected chi connectivity index (χ1v) is 8.17. The molecular weight excluding hydrogens is 314 g/mol. The molecule has 112 valence electrons. The molecule has 3 rings (SSSR count). The normalized spacial score (nSPS) is 19.9. The lowest BCUT2D eigenvalue weighted by atomic mass is 10.3. The number of benzene rings is 1. The van der Waals surface area contributed by atoms with Crippen molar-refractivity contribution in [3.05, 3.63) is 65.8 Å². The molecule has 1 aliphatic heterocycles. The first kappa shape index (κ1) is 15.0. The molecule has 1 aromatic heterocycles. The van der Waals surface area contributed by atoms with Crippen molar-refractivity contribution >= 4 is 36.4 Å². The second-order valence-electron chi connectivity index (χ2n) is 4.75. The summed E-state index contributed by atoms with van der Waals surface area (Å²) in [6.07, 6.45) is 7.21. The van der Waals surface area contributed by atoms with Crippen LogP contribution in [0.5, 0.6) is 0 Å². The SMILES string of the molecule is C=CCN1C(=O)/C(=C/c2cnn(-c3ccccc3)c2)SC1S. The topological polar surface area (TPSA) is 38.1 Å². The molecule has 1 saturated heterocycles. The molecule has 0 radical (unpaired) electrons. The highest BCUT2D eigenvalue weighted by atomic mass is 32.2. The minimum Gasteiger partial charge on any atom is -0.313 e. The maximum absolute atomic E-state index is 12.3. The van der Waals surface area contributed by atoms with Crippen LogP contribution >= 0.6 is 24.4 Å². The quantitative estimate of drug-likeness (QED) is 0.532. The van der Waals surface area contributed by atoms with E-state index in [1.54, 1.807) is 21.9 Å². The number of para-hydroxylation sites is 1. The van der Waals surface area contributed by atoms with Crippen molar-refractivity contribution in [3.63, 3.8) is 0 Å². The Morgan fingerprint density at radius 1 is 1.36 bits per heavy atom. The molecule has 1 aliphatic rings. The van der Waals surface area contributed by atoms with E-state index in [9.17, 15) is 4.79 Å². The van der Waals surface area contributed by atoms with Crippen molar-refractivity contribution in [2.45, 2.75) is 4.71 Å². The lowest BCUT2D eigenvalue weighted by Gasteiger charge is -2.16. The molecule has 1 aromatic carbocycles. The van der Waals surface area contributed by atoms with Gasteiger partial charge >= 0.3 is 0 Å². The molecule has 22 heavy (non-hydrogen) atoms. The molecule has 0 saturated carbocycles. The molecule has 0 N–H and O–H groups in total. The Hall–Kier alpha value is -1.92. The van der Waals surface area contributed by atoms with Gasteiger partial charge < -0.3 is 4.90 Å². The summed E-state index contributed by atoms with van der Waals surface area (Å²) in [5.74, 6) is -0.0163. The fourth-order valence-corrected chi connectivity index (χ4v) is 3.66. The number of aromatic nitrogens is 2. The standard InChI is InChI=1S/C16H15N3OS2/c1-2-8-18-15(20)14(22-16(18)21)9-12-10-17-19(11-12)13-6-4-3-5-7-13/h2-7,9-11,16,21H,1,8H2/b14-9-. The van der Waals surface area contributed by atoms with Crippen LogP contribution < -0.4 is 0 Å². The van der Waals surface area contributed by atoms with Gasteiger partial charge in [0.05, 0.1) is 16.8 Å². The molecule has 1 amide bonds. The highest BCUT2D eigenvalue weighted by Crippen LogP contribution is 2.37. The fourth-order valence-electron chi connectivity index (χ4n) is 2.16. The zero-order valence-electron chi connectivity index (χ0n) is 11.8. The lowest BCUT2D eigenvalue weighted by molar-refractivity contribution is -0.124. The van der Waals surface area contributed by atoms with Crippen molar-refractivity contribution in [3.8, 4) is 5.69 Å². The van der Waals surface area contributed by atoms with E-state index in [1.165, 1.54) is 11.8 Å². The van der Waals surface area contributed by atoms with Crippen LogP contribution in [0.3, 0.4) is 0 Å². The third-order valence-corrected chi connectivity index (χ3v) is 4.82. The Labute approximate surface area is 138 Å². The van der Waals surface area contributed by atoms with E-state index < -0.39 is 0 Å². The molecule has 1 fully saturated rings. The van der Waals surface area contributed by atoms with Gasteiger partial charge in [-0.1, -0.05) is 36.0 Å². The highest BCUT2D eigenvalue weighted by molar-refractivity contribution is 8.14. The summed E-state index contributed by atoms with van der Waals surface area (Å²) in [5.41, 5.74) is 1.87. The van der Waals surface area contributed by atoms with Gasteiger partial charge in [-0.3, -0.25) is 4.79 Å². The van der Waals surface area contributed by atoms with E-state index in [-0.39, 0.29) is 10.6 Å². The van der Waals surface area contributed by atoms with E-state index in [0.29, 0.717) is 11.4 Å². The maximum atomic E-state index is 12.3. The monoisotopic (exact) mass is 329 g/mol. The Morgan fingerprint density at radius 3 is 2.86 bits per heavy atom. The molecule has 6 heteroatoms. The summed E-state index contributed by atoms with van der Waals surface area (Å²) in [5, 5.41) is 4.33. The third-order valence-electron chi connectivity index (χ3n) is 3.22. The van der Waals surface area contributed by atoms with Crippen molar-refractivity contribution < 1.29 is 4.79 Å². The van der Waals surface area contributed by atoms with Crippen molar-refractivity contribution in [1.29, 1.82) is 0 Å². The van der Waals surface area contributed by atoms with Gasteiger partial charge in [-0.15, -0.1) is 19.2 Å². The van der Waals surface area contributed by atoms with Gasteiger partial charge in [0.15, 0.2) is 0 Å². The average molecular weight is 329 g/mol. The van der Waals surface area contributed by atoms with Gasteiger partial charge in [0.25, 0.3) is 5.91 Å². The highest BCUT2D eigenvalue weighted by Gasteiger charge is 2.32. The number of nitrogens with zero attached hydrogens (tertiary/aromatic N) is 3. The predicted octanol–water partition coefficient (Wildman–Crippen LogP) is 3.19. The number of carbonyl (C=O) groups is 1. The van der Waals surface area contributed by atoms with Crippen LogP contribution in [0.2, 0.25) is 0 Å². The molecular formula is C16H15N3OS2. The van der Waals surface area contributed by atoms with Crippen LogP contribution in [0.4, 0.5) is 0 Å². The molecule has 4 nitrogen and oxygen atoms in total. The average Bonchev–Trinajstić information content (AvgIpc) is 3.09. The van der Waals surface area contributed by atoms with Crippen molar-refractivity contribution in [2.24, 2.45) is 0 Å².